The van der Waals surface area contributed by atoms with E-state index in [4.69, 9.17) is 9.52 Å². The molecule has 0 unspecified atom stereocenters. The first-order valence-corrected chi connectivity index (χ1v) is 11.8. The first-order valence-electron chi connectivity index (χ1n) is 10.4. The lowest BCUT2D eigenvalue weighted by Crippen LogP contribution is -2.08. The van der Waals surface area contributed by atoms with Gasteiger partial charge in [0.25, 0.3) is 0 Å². The lowest BCUT2D eigenvalue weighted by molar-refractivity contribution is 0.592. The molecule has 3 heteroatoms. The standard InChI is InChI=1S/C25H36NOP/c1-17(2)23-13-10-14-24(18(3)4)25(23)26-16-21-11-9-12-22(15-21)27-28(19(5)6)20(7)8/h9-20H,1-8H3. The van der Waals surface area contributed by atoms with Gasteiger partial charge in [-0.05, 0) is 40.7 Å². The van der Waals surface area contributed by atoms with Gasteiger partial charge in [0, 0.05) is 17.5 Å². The van der Waals surface area contributed by atoms with Crippen LogP contribution in [0, 0.1) is 0 Å². The van der Waals surface area contributed by atoms with Crippen LogP contribution < -0.4 is 4.52 Å². The quantitative estimate of drug-likeness (QED) is 0.324. The van der Waals surface area contributed by atoms with Crippen molar-refractivity contribution in [3.05, 3.63) is 59.2 Å². The highest BCUT2D eigenvalue weighted by Gasteiger charge is 2.20. The third-order valence-corrected chi connectivity index (χ3v) is 7.23. The Morgan fingerprint density at radius 3 is 1.82 bits per heavy atom. The number of rotatable bonds is 8. The molecule has 2 rings (SSSR count). The Kier molecular flexibility index (Phi) is 8.25. The van der Waals surface area contributed by atoms with E-state index in [1.807, 2.05) is 6.21 Å². The topological polar surface area (TPSA) is 21.6 Å². The van der Waals surface area contributed by atoms with E-state index in [1.165, 1.54) is 11.1 Å². The van der Waals surface area contributed by atoms with Crippen LogP contribution in [0.4, 0.5) is 5.69 Å². The van der Waals surface area contributed by atoms with Gasteiger partial charge in [-0.1, -0.05) is 85.7 Å². The van der Waals surface area contributed by atoms with Crippen LogP contribution in [-0.2, 0) is 0 Å². The molecule has 0 N–H and O–H groups in total. The molecule has 152 valence electrons. The Morgan fingerprint density at radius 1 is 0.786 bits per heavy atom. The van der Waals surface area contributed by atoms with Crippen molar-refractivity contribution in [1.82, 2.24) is 0 Å². The fraction of sp³-hybridized carbons (Fsp3) is 0.480. The van der Waals surface area contributed by atoms with Crippen molar-refractivity contribution in [2.24, 2.45) is 4.99 Å². The van der Waals surface area contributed by atoms with Gasteiger partial charge in [0.1, 0.15) is 5.75 Å². The molecule has 2 aromatic rings. The van der Waals surface area contributed by atoms with Gasteiger partial charge >= 0.3 is 0 Å². The van der Waals surface area contributed by atoms with Gasteiger partial charge in [0.2, 0.25) is 0 Å². The highest BCUT2D eigenvalue weighted by Crippen LogP contribution is 2.47. The highest BCUT2D eigenvalue weighted by atomic mass is 31.1. The number of para-hydroxylation sites is 1. The van der Waals surface area contributed by atoms with Gasteiger partial charge < -0.3 is 4.52 Å². The monoisotopic (exact) mass is 397 g/mol. The second-order valence-corrected chi connectivity index (χ2v) is 11.5. The average Bonchev–Trinajstić information content (AvgIpc) is 2.63. The molecule has 0 heterocycles. The van der Waals surface area contributed by atoms with E-state index in [9.17, 15) is 0 Å². The smallest absolute Gasteiger partial charge is 0.123 e. The zero-order valence-corrected chi connectivity index (χ0v) is 19.6. The Bertz CT molecular complexity index is 759. The van der Waals surface area contributed by atoms with E-state index in [0.29, 0.717) is 23.2 Å². The van der Waals surface area contributed by atoms with Crippen molar-refractivity contribution in [3.63, 3.8) is 0 Å². The molecule has 0 aromatic heterocycles. The summed E-state index contributed by atoms with van der Waals surface area (Å²) in [4.78, 5) is 4.93. The largest absolute Gasteiger partial charge is 0.474 e. The third kappa shape index (κ3) is 5.92. The molecule has 0 bridgehead atoms. The fourth-order valence-electron chi connectivity index (χ4n) is 3.38. The van der Waals surface area contributed by atoms with Crippen LogP contribution in [0.3, 0.4) is 0 Å². The lowest BCUT2D eigenvalue weighted by atomic mass is 9.93. The molecule has 0 spiro atoms. The number of benzene rings is 2. The molecule has 2 nitrogen and oxygen atoms in total. The molecule has 28 heavy (non-hydrogen) atoms. The summed E-state index contributed by atoms with van der Waals surface area (Å²) < 4.78 is 6.36. The number of aliphatic imine (C=N–C) groups is 1. The minimum absolute atomic E-state index is 0.446. The second kappa shape index (κ2) is 10.2. The van der Waals surface area contributed by atoms with Crippen molar-refractivity contribution < 1.29 is 4.52 Å². The maximum Gasteiger partial charge on any atom is 0.123 e. The molecule has 0 fully saturated rings. The van der Waals surface area contributed by atoms with E-state index >= 15 is 0 Å². The molecule has 0 aliphatic rings. The average molecular weight is 398 g/mol. The fourth-order valence-corrected chi connectivity index (χ4v) is 5.35. The maximum atomic E-state index is 6.36. The summed E-state index contributed by atoms with van der Waals surface area (Å²) >= 11 is 0. The molecular weight excluding hydrogens is 361 g/mol. The molecule has 0 saturated heterocycles. The van der Waals surface area contributed by atoms with Crippen molar-refractivity contribution >= 4 is 20.1 Å². The summed E-state index contributed by atoms with van der Waals surface area (Å²) in [6, 6.07) is 14.9. The van der Waals surface area contributed by atoms with E-state index in [0.717, 1.165) is 17.0 Å². The summed E-state index contributed by atoms with van der Waals surface area (Å²) in [5.74, 6) is 1.83. The first kappa shape index (κ1) is 22.6. The molecule has 0 atom stereocenters. The van der Waals surface area contributed by atoms with Crippen molar-refractivity contribution in [1.29, 1.82) is 0 Å². The van der Waals surface area contributed by atoms with Gasteiger partial charge in [-0.3, -0.25) is 4.99 Å². The Hall–Kier alpha value is -1.66. The third-order valence-electron chi connectivity index (χ3n) is 4.77. The zero-order valence-electron chi connectivity index (χ0n) is 18.7. The van der Waals surface area contributed by atoms with E-state index in [-0.39, 0.29) is 0 Å². The normalized spacial score (nSPS) is 12.3. The van der Waals surface area contributed by atoms with E-state index in [2.05, 4.69) is 97.9 Å². The van der Waals surface area contributed by atoms with Gasteiger partial charge in [0.05, 0.1) is 13.8 Å². The van der Waals surface area contributed by atoms with Crippen LogP contribution in [0.25, 0.3) is 0 Å². The maximum absolute atomic E-state index is 6.36. The molecule has 0 aliphatic heterocycles. The van der Waals surface area contributed by atoms with Crippen molar-refractivity contribution in [2.45, 2.75) is 78.5 Å². The van der Waals surface area contributed by atoms with Crippen LogP contribution in [0.2, 0.25) is 0 Å². The zero-order chi connectivity index (χ0) is 20.8. The van der Waals surface area contributed by atoms with Crippen LogP contribution in [-0.4, -0.2) is 17.5 Å². The summed E-state index contributed by atoms with van der Waals surface area (Å²) in [6.45, 7) is 17.9. The summed E-state index contributed by atoms with van der Waals surface area (Å²) in [7, 11) is -0.492. The molecule has 0 radical (unpaired) electrons. The van der Waals surface area contributed by atoms with Crippen LogP contribution in [0.1, 0.15) is 83.9 Å². The second-order valence-electron chi connectivity index (χ2n) is 8.56. The summed E-state index contributed by atoms with van der Waals surface area (Å²) in [5, 5.41) is 0. The van der Waals surface area contributed by atoms with Crippen LogP contribution >= 0.6 is 8.15 Å². The predicted octanol–water partition coefficient (Wildman–Crippen LogP) is 8.28. The Morgan fingerprint density at radius 2 is 1.32 bits per heavy atom. The molecular formula is C25H36NOP. The lowest BCUT2D eigenvalue weighted by Gasteiger charge is -2.25. The molecule has 0 aliphatic carbocycles. The molecule has 0 saturated carbocycles. The number of hydrogen-bond donors (Lipinski definition) is 0. The minimum Gasteiger partial charge on any atom is -0.474 e. The minimum atomic E-state index is -0.492. The summed E-state index contributed by atoms with van der Waals surface area (Å²) in [5.41, 5.74) is 5.88. The van der Waals surface area contributed by atoms with Gasteiger partial charge in [-0.15, -0.1) is 0 Å². The number of nitrogens with zero attached hydrogens (tertiary/aromatic N) is 1. The summed E-state index contributed by atoms with van der Waals surface area (Å²) in [6.07, 6.45) is 1.98. The van der Waals surface area contributed by atoms with Crippen LogP contribution in [0.15, 0.2) is 47.5 Å². The van der Waals surface area contributed by atoms with E-state index < -0.39 is 8.15 Å². The van der Waals surface area contributed by atoms with Crippen LogP contribution in [0.5, 0.6) is 5.75 Å². The molecule has 0 amide bonds. The van der Waals surface area contributed by atoms with Crippen molar-refractivity contribution in [3.8, 4) is 5.75 Å². The predicted molar refractivity (Wildman–Crippen MR) is 126 cm³/mol. The number of hydrogen-bond acceptors (Lipinski definition) is 2. The SMILES string of the molecule is CC(C)c1cccc(C(C)C)c1N=Cc1cccc(OP(C(C)C)C(C)C)c1. The van der Waals surface area contributed by atoms with Gasteiger partial charge in [0.15, 0.2) is 0 Å². The Balaban J connectivity index is 2.33. The van der Waals surface area contributed by atoms with Crippen molar-refractivity contribution in [2.75, 3.05) is 0 Å². The highest BCUT2D eigenvalue weighted by molar-refractivity contribution is 7.54. The van der Waals surface area contributed by atoms with Gasteiger partial charge in [-0.25, -0.2) is 0 Å². The molecule has 2 aromatic carbocycles. The van der Waals surface area contributed by atoms with E-state index in [1.54, 1.807) is 0 Å². The van der Waals surface area contributed by atoms with Gasteiger partial charge in [-0.2, -0.15) is 0 Å². The Labute approximate surface area is 173 Å². The first-order chi connectivity index (χ1) is 13.2.